The first kappa shape index (κ1) is 19.2. The molecule has 0 fully saturated rings. The maximum absolute atomic E-state index is 12.6. The summed E-state index contributed by atoms with van der Waals surface area (Å²) in [4.78, 5) is 22.1. The van der Waals surface area contributed by atoms with Gasteiger partial charge in [0.05, 0.1) is 24.2 Å². The number of thiophene rings is 1. The second-order valence-corrected chi connectivity index (χ2v) is 7.60. The normalized spacial score (nSPS) is 10.9. The minimum atomic E-state index is -0.290. The Kier molecular flexibility index (Phi) is 5.32. The molecule has 10 heteroatoms. The molecule has 0 saturated carbocycles. The van der Waals surface area contributed by atoms with Crippen molar-refractivity contribution < 1.29 is 9.53 Å². The van der Waals surface area contributed by atoms with Gasteiger partial charge in [-0.3, -0.25) is 20.3 Å². The van der Waals surface area contributed by atoms with Crippen molar-refractivity contribution in [3.05, 3.63) is 63.8 Å². The Morgan fingerprint density at radius 1 is 1.31 bits per heavy atom. The summed E-state index contributed by atoms with van der Waals surface area (Å²) in [5.41, 5.74) is 7.12. The van der Waals surface area contributed by atoms with Gasteiger partial charge in [0.2, 0.25) is 11.8 Å². The van der Waals surface area contributed by atoms with E-state index in [9.17, 15) is 4.79 Å². The Morgan fingerprint density at radius 3 is 2.93 bits per heavy atom. The molecule has 2 N–H and O–H groups in total. The molecule has 1 amide bonds. The number of halogens is 1. The SMILES string of the molecule is COc1ccnc(NNC(=O)c2cc3c(C)nn(Cc4ccccc4Cl)c3s2)n1. The lowest BCUT2D eigenvalue weighted by molar-refractivity contribution is 0.0966. The van der Waals surface area contributed by atoms with E-state index < -0.39 is 0 Å². The van der Waals surface area contributed by atoms with E-state index in [0.717, 1.165) is 21.5 Å². The second kappa shape index (κ2) is 8.06. The number of nitrogens with one attached hydrogen (secondary N) is 2. The third-order valence-corrected chi connectivity index (χ3v) is 5.75. The van der Waals surface area contributed by atoms with E-state index in [1.54, 1.807) is 6.07 Å². The highest BCUT2D eigenvalue weighted by Crippen LogP contribution is 2.29. The van der Waals surface area contributed by atoms with Crippen molar-refractivity contribution in [2.24, 2.45) is 0 Å². The number of aromatic nitrogens is 4. The van der Waals surface area contributed by atoms with Crippen LogP contribution in [0.3, 0.4) is 0 Å². The lowest BCUT2D eigenvalue weighted by atomic mass is 10.2. The number of fused-ring (bicyclic) bond motifs is 1. The average molecular weight is 429 g/mol. The summed E-state index contributed by atoms with van der Waals surface area (Å²) >= 11 is 7.64. The van der Waals surface area contributed by atoms with Crippen molar-refractivity contribution in [2.75, 3.05) is 12.5 Å². The molecule has 0 unspecified atom stereocenters. The topological polar surface area (TPSA) is 94.0 Å². The van der Waals surface area contributed by atoms with Crippen molar-refractivity contribution in [3.8, 4) is 5.88 Å². The van der Waals surface area contributed by atoms with Crippen LogP contribution in [0.5, 0.6) is 5.88 Å². The van der Waals surface area contributed by atoms with Crippen molar-refractivity contribution in [3.63, 3.8) is 0 Å². The number of anilines is 1. The minimum absolute atomic E-state index is 0.236. The Morgan fingerprint density at radius 2 is 2.14 bits per heavy atom. The molecule has 0 aliphatic heterocycles. The fourth-order valence-electron chi connectivity index (χ4n) is 2.81. The number of hydrogen-bond donors (Lipinski definition) is 2. The number of rotatable bonds is 6. The number of nitrogens with zero attached hydrogens (tertiary/aromatic N) is 4. The van der Waals surface area contributed by atoms with Crippen LogP contribution in [0.2, 0.25) is 5.02 Å². The number of hydrazine groups is 1. The van der Waals surface area contributed by atoms with Gasteiger partial charge in [-0.1, -0.05) is 29.8 Å². The van der Waals surface area contributed by atoms with Crippen molar-refractivity contribution in [2.45, 2.75) is 13.5 Å². The van der Waals surface area contributed by atoms with Crippen molar-refractivity contribution in [1.82, 2.24) is 25.2 Å². The van der Waals surface area contributed by atoms with E-state index >= 15 is 0 Å². The molecule has 4 rings (SSSR count). The van der Waals surface area contributed by atoms with Gasteiger partial charge in [0.25, 0.3) is 5.91 Å². The largest absolute Gasteiger partial charge is 0.481 e. The predicted molar refractivity (Wildman–Crippen MR) is 113 cm³/mol. The summed E-state index contributed by atoms with van der Waals surface area (Å²) in [7, 11) is 1.51. The predicted octanol–water partition coefficient (Wildman–Crippen LogP) is 3.66. The van der Waals surface area contributed by atoms with E-state index in [0.29, 0.717) is 22.3 Å². The molecule has 0 saturated heterocycles. The van der Waals surface area contributed by atoms with E-state index in [2.05, 4.69) is 25.9 Å². The number of aryl methyl sites for hydroxylation is 1. The maximum Gasteiger partial charge on any atom is 0.279 e. The molecule has 8 nitrogen and oxygen atoms in total. The number of ether oxygens (including phenoxy) is 1. The molecule has 1 aromatic carbocycles. The summed E-state index contributed by atoms with van der Waals surface area (Å²) in [5.74, 6) is 0.343. The van der Waals surface area contributed by atoms with Crippen LogP contribution in [0.25, 0.3) is 10.2 Å². The summed E-state index contributed by atoms with van der Waals surface area (Å²) in [6.07, 6.45) is 1.53. The van der Waals surface area contributed by atoms with Crippen LogP contribution in [0, 0.1) is 6.92 Å². The molecule has 0 spiro atoms. The van der Waals surface area contributed by atoms with Crippen LogP contribution < -0.4 is 15.6 Å². The molecular weight excluding hydrogens is 412 g/mol. The Hall–Kier alpha value is -3.17. The first-order valence-corrected chi connectivity index (χ1v) is 9.88. The van der Waals surface area contributed by atoms with E-state index in [1.807, 2.05) is 41.9 Å². The van der Waals surface area contributed by atoms with Crippen molar-refractivity contribution in [1.29, 1.82) is 0 Å². The van der Waals surface area contributed by atoms with Crippen molar-refractivity contribution >= 4 is 45.0 Å². The highest BCUT2D eigenvalue weighted by atomic mass is 35.5. The number of carbonyl (C=O) groups excluding carboxylic acids is 1. The summed E-state index contributed by atoms with van der Waals surface area (Å²) in [6, 6.07) is 11.1. The Balaban J connectivity index is 1.54. The van der Waals surface area contributed by atoms with Gasteiger partial charge in [0, 0.05) is 22.7 Å². The van der Waals surface area contributed by atoms with E-state index in [4.69, 9.17) is 16.3 Å². The number of methoxy groups -OCH3 is 1. The van der Waals surface area contributed by atoms with Gasteiger partial charge in [-0.25, -0.2) is 4.98 Å². The summed E-state index contributed by atoms with van der Waals surface area (Å²) < 4.78 is 6.91. The number of carbonyl (C=O) groups is 1. The molecule has 0 bridgehead atoms. The highest BCUT2D eigenvalue weighted by molar-refractivity contribution is 7.20. The quantitative estimate of drug-likeness (QED) is 0.455. The summed E-state index contributed by atoms with van der Waals surface area (Å²) in [5, 5.41) is 6.21. The first-order valence-electron chi connectivity index (χ1n) is 8.69. The Bertz CT molecular complexity index is 1190. The van der Waals surface area contributed by atoms with Gasteiger partial charge in [0.15, 0.2) is 0 Å². The molecule has 0 atom stereocenters. The number of benzene rings is 1. The lowest BCUT2D eigenvalue weighted by Crippen LogP contribution is -2.29. The molecule has 29 heavy (non-hydrogen) atoms. The van der Waals surface area contributed by atoms with Crippen LogP contribution in [0.4, 0.5) is 5.95 Å². The van der Waals surface area contributed by atoms with Crippen LogP contribution in [0.15, 0.2) is 42.6 Å². The number of hydrogen-bond acceptors (Lipinski definition) is 7. The molecule has 148 valence electrons. The third kappa shape index (κ3) is 4.01. The van der Waals surface area contributed by atoms with Crippen LogP contribution in [-0.2, 0) is 6.54 Å². The molecule has 0 radical (unpaired) electrons. The smallest absolute Gasteiger partial charge is 0.279 e. The number of amides is 1. The van der Waals surface area contributed by atoms with Gasteiger partial charge in [0.1, 0.15) is 4.83 Å². The lowest BCUT2D eigenvalue weighted by Gasteiger charge is -2.07. The minimum Gasteiger partial charge on any atom is -0.481 e. The van der Waals surface area contributed by atoms with E-state index in [1.165, 1.54) is 24.6 Å². The molecule has 3 aromatic heterocycles. The van der Waals surface area contributed by atoms with Gasteiger partial charge < -0.3 is 4.74 Å². The van der Waals surface area contributed by atoms with Crippen LogP contribution in [0.1, 0.15) is 20.9 Å². The highest BCUT2D eigenvalue weighted by Gasteiger charge is 2.17. The van der Waals surface area contributed by atoms with Gasteiger partial charge in [-0.15, -0.1) is 11.3 Å². The fourth-order valence-corrected chi connectivity index (χ4v) is 4.06. The molecule has 4 aromatic rings. The zero-order valence-electron chi connectivity index (χ0n) is 15.6. The molecule has 3 heterocycles. The van der Waals surface area contributed by atoms with Crippen LogP contribution in [-0.4, -0.2) is 32.8 Å². The average Bonchev–Trinajstić information content (AvgIpc) is 3.29. The molecular formula is C19H17ClN6O2S. The maximum atomic E-state index is 12.6. The monoisotopic (exact) mass is 428 g/mol. The zero-order valence-corrected chi connectivity index (χ0v) is 17.2. The first-order chi connectivity index (χ1) is 14.0. The van der Waals surface area contributed by atoms with Gasteiger partial charge >= 0.3 is 0 Å². The Labute approximate surface area is 175 Å². The fraction of sp³-hybridized carbons (Fsp3) is 0.158. The van der Waals surface area contributed by atoms with Gasteiger partial charge in [-0.05, 0) is 24.6 Å². The zero-order chi connectivity index (χ0) is 20.4. The standard InChI is InChI=1S/C19H17ClN6O2S/c1-11-13-9-15(17(27)23-24-19-21-8-7-16(22-19)28-2)29-18(13)26(25-11)10-12-5-3-4-6-14(12)20/h3-9H,10H2,1-2H3,(H,23,27)(H,21,22,24). The third-order valence-electron chi connectivity index (χ3n) is 4.24. The summed E-state index contributed by atoms with van der Waals surface area (Å²) in [6.45, 7) is 2.45. The molecule has 0 aliphatic carbocycles. The van der Waals surface area contributed by atoms with E-state index in [-0.39, 0.29) is 11.9 Å². The second-order valence-electron chi connectivity index (χ2n) is 6.17. The van der Waals surface area contributed by atoms with Gasteiger partial charge in [-0.2, -0.15) is 10.1 Å². The van der Waals surface area contributed by atoms with Crippen LogP contribution >= 0.6 is 22.9 Å². The molecule has 0 aliphatic rings.